The highest BCUT2D eigenvalue weighted by Gasteiger charge is 2.18. The average molecular weight is 299 g/mol. The van der Waals surface area contributed by atoms with Crippen molar-refractivity contribution in [1.29, 1.82) is 0 Å². The fraction of sp³-hybridized carbons (Fsp3) is 0.438. The fourth-order valence-corrected chi connectivity index (χ4v) is 2.74. The number of aromatic nitrogens is 3. The first-order valence-electron chi connectivity index (χ1n) is 7.71. The SMILES string of the molecule is Cc1c(CC(=O)N[C@H]2CCCNC2)nnn1-c1ccccc1. The zero-order valence-electron chi connectivity index (χ0n) is 12.7. The predicted molar refractivity (Wildman–Crippen MR) is 83.8 cm³/mol. The Balaban J connectivity index is 1.65. The van der Waals surface area contributed by atoms with E-state index in [0.717, 1.165) is 43.0 Å². The molecule has 0 bridgehead atoms. The van der Waals surface area contributed by atoms with Crippen molar-refractivity contribution in [3.8, 4) is 5.69 Å². The van der Waals surface area contributed by atoms with E-state index in [1.807, 2.05) is 37.3 Å². The number of benzene rings is 1. The monoisotopic (exact) mass is 299 g/mol. The molecule has 0 spiro atoms. The van der Waals surface area contributed by atoms with E-state index < -0.39 is 0 Å². The zero-order valence-corrected chi connectivity index (χ0v) is 12.7. The summed E-state index contributed by atoms with van der Waals surface area (Å²) >= 11 is 0. The van der Waals surface area contributed by atoms with Gasteiger partial charge < -0.3 is 10.6 Å². The third kappa shape index (κ3) is 3.33. The molecule has 2 N–H and O–H groups in total. The molecule has 1 fully saturated rings. The van der Waals surface area contributed by atoms with Gasteiger partial charge in [0.15, 0.2) is 0 Å². The molecule has 0 unspecified atom stereocenters. The summed E-state index contributed by atoms with van der Waals surface area (Å²) in [7, 11) is 0. The Morgan fingerprint density at radius 1 is 1.41 bits per heavy atom. The number of para-hydroxylation sites is 1. The van der Waals surface area contributed by atoms with Crippen LogP contribution in [-0.4, -0.2) is 40.0 Å². The molecule has 2 aromatic rings. The Kier molecular flexibility index (Phi) is 4.48. The maximum Gasteiger partial charge on any atom is 0.226 e. The highest BCUT2D eigenvalue weighted by atomic mass is 16.1. The molecule has 1 amide bonds. The Morgan fingerprint density at radius 2 is 2.23 bits per heavy atom. The second kappa shape index (κ2) is 6.70. The minimum Gasteiger partial charge on any atom is -0.352 e. The van der Waals surface area contributed by atoms with Crippen molar-refractivity contribution in [3.05, 3.63) is 41.7 Å². The zero-order chi connectivity index (χ0) is 15.4. The van der Waals surface area contributed by atoms with Crippen LogP contribution in [0.3, 0.4) is 0 Å². The molecule has 1 saturated heterocycles. The molecule has 22 heavy (non-hydrogen) atoms. The summed E-state index contributed by atoms with van der Waals surface area (Å²) in [5.74, 6) is 0.0110. The summed E-state index contributed by atoms with van der Waals surface area (Å²) in [6.45, 7) is 3.83. The van der Waals surface area contributed by atoms with Gasteiger partial charge in [0.2, 0.25) is 5.91 Å². The number of piperidine rings is 1. The molecule has 1 aliphatic heterocycles. The van der Waals surface area contributed by atoms with E-state index in [0.29, 0.717) is 0 Å². The van der Waals surface area contributed by atoms with Crippen molar-refractivity contribution in [1.82, 2.24) is 25.6 Å². The maximum absolute atomic E-state index is 12.2. The van der Waals surface area contributed by atoms with Crippen molar-refractivity contribution >= 4 is 5.91 Å². The van der Waals surface area contributed by atoms with Crippen molar-refractivity contribution < 1.29 is 4.79 Å². The number of nitrogens with zero attached hydrogens (tertiary/aromatic N) is 3. The highest BCUT2D eigenvalue weighted by Crippen LogP contribution is 2.12. The first-order chi connectivity index (χ1) is 10.7. The number of hydrogen-bond acceptors (Lipinski definition) is 4. The van der Waals surface area contributed by atoms with E-state index in [-0.39, 0.29) is 18.4 Å². The van der Waals surface area contributed by atoms with Crippen LogP contribution in [0.4, 0.5) is 0 Å². The van der Waals surface area contributed by atoms with Gasteiger partial charge in [-0.1, -0.05) is 23.4 Å². The minimum atomic E-state index is 0.0110. The molecular weight excluding hydrogens is 278 g/mol. The Morgan fingerprint density at radius 3 is 2.95 bits per heavy atom. The number of carbonyl (C=O) groups excluding carboxylic acids is 1. The summed E-state index contributed by atoms with van der Waals surface area (Å²) in [6, 6.07) is 10.0. The van der Waals surface area contributed by atoms with Gasteiger partial charge in [-0.3, -0.25) is 4.79 Å². The quantitative estimate of drug-likeness (QED) is 0.883. The van der Waals surface area contributed by atoms with Gasteiger partial charge in [-0.15, -0.1) is 5.10 Å². The minimum absolute atomic E-state index is 0.0110. The molecule has 1 aromatic heterocycles. The van der Waals surface area contributed by atoms with E-state index in [2.05, 4.69) is 20.9 Å². The molecule has 1 aromatic carbocycles. The van der Waals surface area contributed by atoms with Crippen LogP contribution in [0.2, 0.25) is 0 Å². The normalized spacial score (nSPS) is 18.1. The van der Waals surface area contributed by atoms with Crippen LogP contribution in [0.1, 0.15) is 24.2 Å². The van der Waals surface area contributed by atoms with Crippen LogP contribution in [0.15, 0.2) is 30.3 Å². The van der Waals surface area contributed by atoms with Gasteiger partial charge in [-0.2, -0.15) is 0 Å². The van der Waals surface area contributed by atoms with Gasteiger partial charge in [0, 0.05) is 12.6 Å². The first-order valence-corrected chi connectivity index (χ1v) is 7.71. The Labute approximate surface area is 129 Å². The van der Waals surface area contributed by atoms with Gasteiger partial charge in [0.1, 0.15) is 0 Å². The van der Waals surface area contributed by atoms with E-state index in [4.69, 9.17) is 0 Å². The van der Waals surface area contributed by atoms with E-state index >= 15 is 0 Å². The number of amides is 1. The van der Waals surface area contributed by atoms with Crippen LogP contribution < -0.4 is 10.6 Å². The fourth-order valence-electron chi connectivity index (χ4n) is 2.74. The van der Waals surface area contributed by atoms with E-state index in [1.165, 1.54) is 0 Å². The summed E-state index contributed by atoms with van der Waals surface area (Å²) < 4.78 is 1.77. The van der Waals surface area contributed by atoms with Gasteiger partial charge in [-0.05, 0) is 38.4 Å². The van der Waals surface area contributed by atoms with Gasteiger partial charge in [-0.25, -0.2) is 4.68 Å². The third-order valence-electron chi connectivity index (χ3n) is 3.98. The van der Waals surface area contributed by atoms with Crippen molar-refractivity contribution in [2.45, 2.75) is 32.2 Å². The Hall–Kier alpha value is -2.21. The van der Waals surface area contributed by atoms with Crippen LogP contribution in [0.25, 0.3) is 5.69 Å². The lowest BCUT2D eigenvalue weighted by atomic mass is 10.1. The van der Waals surface area contributed by atoms with Crippen molar-refractivity contribution in [2.75, 3.05) is 13.1 Å². The topological polar surface area (TPSA) is 71.8 Å². The second-order valence-corrected chi connectivity index (χ2v) is 5.66. The standard InChI is InChI=1S/C16H21N5O/c1-12-15(10-16(22)18-13-6-5-9-17-11-13)19-20-21(12)14-7-3-2-4-8-14/h2-4,7-8,13,17H,5-6,9-11H2,1H3,(H,18,22)/t13-/m0/s1. The second-order valence-electron chi connectivity index (χ2n) is 5.66. The van der Waals surface area contributed by atoms with Crippen LogP contribution in [-0.2, 0) is 11.2 Å². The molecule has 6 heteroatoms. The van der Waals surface area contributed by atoms with E-state index in [1.54, 1.807) is 4.68 Å². The molecule has 116 valence electrons. The smallest absolute Gasteiger partial charge is 0.226 e. The molecule has 0 aliphatic carbocycles. The third-order valence-corrected chi connectivity index (χ3v) is 3.98. The molecule has 1 atom stereocenters. The molecule has 0 saturated carbocycles. The van der Waals surface area contributed by atoms with E-state index in [9.17, 15) is 4.79 Å². The lowest BCUT2D eigenvalue weighted by molar-refractivity contribution is -0.121. The van der Waals surface area contributed by atoms with Crippen molar-refractivity contribution in [3.63, 3.8) is 0 Å². The predicted octanol–water partition coefficient (Wildman–Crippen LogP) is 0.986. The first kappa shape index (κ1) is 14.7. The van der Waals surface area contributed by atoms with Gasteiger partial charge in [0.25, 0.3) is 0 Å². The molecule has 1 aliphatic rings. The molecule has 0 radical (unpaired) electrons. The summed E-state index contributed by atoms with van der Waals surface area (Å²) in [4.78, 5) is 12.2. The summed E-state index contributed by atoms with van der Waals surface area (Å²) in [5, 5.41) is 14.7. The lowest BCUT2D eigenvalue weighted by Crippen LogP contribution is -2.46. The largest absolute Gasteiger partial charge is 0.352 e. The average Bonchev–Trinajstić information content (AvgIpc) is 2.90. The number of nitrogens with one attached hydrogen (secondary N) is 2. The molecule has 2 heterocycles. The van der Waals surface area contributed by atoms with Gasteiger partial charge >= 0.3 is 0 Å². The van der Waals surface area contributed by atoms with Crippen LogP contribution in [0.5, 0.6) is 0 Å². The molecule has 6 nitrogen and oxygen atoms in total. The van der Waals surface area contributed by atoms with Gasteiger partial charge in [0.05, 0.1) is 23.5 Å². The Bertz CT molecular complexity index is 631. The highest BCUT2D eigenvalue weighted by molar-refractivity contribution is 5.78. The van der Waals surface area contributed by atoms with Crippen LogP contribution >= 0.6 is 0 Å². The molecular formula is C16H21N5O. The number of carbonyl (C=O) groups is 1. The summed E-state index contributed by atoms with van der Waals surface area (Å²) in [5.41, 5.74) is 2.59. The maximum atomic E-state index is 12.2. The van der Waals surface area contributed by atoms with Crippen LogP contribution in [0, 0.1) is 6.92 Å². The number of hydrogen-bond donors (Lipinski definition) is 2. The van der Waals surface area contributed by atoms with Crippen molar-refractivity contribution in [2.24, 2.45) is 0 Å². The number of rotatable bonds is 4. The summed E-state index contributed by atoms with van der Waals surface area (Å²) in [6.07, 6.45) is 2.41. The molecule has 3 rings (SSSR count). The lowest BCUT2D eigenvalue weighted by Gasteiger charge is -2.23.